The van der Waals surface area contributed by atoms with E-state index in [0.29, 0.717) is 12.5 Å². The molecule has 0 unspecified atom stereocenters. The molecule has 1 aromatic carbocycles. The van der Waals surface area contributed by atoms with Crippen LogP contribution in [0.4, 0.5) is 10.5 Å². The van der Waals surface area contributed by atoms with E-state index in [1.165, 1.54) is 5.69 Å². The lowest BCUT2D eigenvalue weighted by molar-refractivity contribution is 0.185. The normalized spacial score (nSPS) is 25.5. The zero-order chi connectivity index (χ0) is 17.3. The number of carbonyl (C=O) groups is 1. The van der Waals surface area contributed by atoms with Gasteiger partial charge in [0.1, 0.15) is 0 Å². The first-order chi connectivity index (χ1) is 11.4. The Bertz CT molecular complexity index is 590. The molecule has 2 amide bonds. The number of hydrogen-bond donors (Lipinski definition) is 2. The van der Waals surface area contributed by atoms with Gasteiger partial charge in [-0.1, -0.05) is 29.8 Å². The Balaban J connectivity index is 1.84. The number of halogens is 1. The third-order valence-electron chi connectivity index (χ3n) is 5.25. The van der Waals surface area contributed by atoms with Crippen LogP contribution in [0.15, 0.2) is 28.7 Å². The highest BCUT2D eigenvalue weighted by Crippen LogP contribution is 2.43. The molecule has 3 aliphatic rings. The smallest absolute Gasteiger partial charge is 0.317 e. The third-order valence-corrected chi connectivity index (χ3v) is 5.78. The molecule has 2 N–H and O–H groups in total. The Hall–Kier alpha value is -1.27. The second-order valence-electron chi connectivity index (χ2n) is 7.56. The fraction of sp³-hybridized carbons (Fsp3) is 0.611. The summed E-state index contributed by atoms with van der Waals surface area (Å²) in [7, 11) is 0. The van der Waals surface area contributed by atoms with Crippen molar-refractivity contribution in [2.45, 2.75) is 26.3 Å². The average Bonchev–Trinajstić information content (AvgIpc) is 2.80. The molecule has 0 aromatic heterocycles. The van der Waals surface area contributed by atoms with Crippen molar-refractivity contribution >= 4 is 27.6 Å². The topological polar surface area (TPSA) is 55.8 Å². The molecule has 3 fully saturated rings. The molecule has 3 saturated heterocycles. The molecule has 3 heterocycles. The zero-order valence-corrected chi connectivity index (χ0v) is 15.9. The van der Waals surface area contributed by atoms with Gasteiger partial charge in [0.25, 0.3) is 0 Å². The van der Waals surface area contributed by atoms with Crippen LogP contribution in [0.25, 0.3) is 0 Å². The molecule has 6 heteroatoms. The van der Waals surface area contributed by atoms with Gasteiger partial charge in [0.15, 0.2) is 0 Å². The predicted molar refractivity (Wildman–Crippen MR) is 99.2 cm³/mol. The number of piperidine rings is 1. The first-order valence-corrected chi connectivity index (χ1v) is 9.36. The van der Waals surface area contributed by atoms with Crippen molar-refractivity contribution in [3.8, 4) is 0 Å². The number of hydrogen-bond acceptors (Lipinski definition) is 3. The van der Waals surface area contributed by atoms with Crippen LogP contribution in [0.5, 0.6) is 0 Å². The van der Waals surface area contributed by atoms with Crippen molar-refractivity contribution in [2.24, 2.45) is 11.3 Å². The van der Waals surface area contributed by atoms with E-state index in [9.17, 15) is 4.79 Å². The number of fused-ring (bicyclic) bond motifs is 4. The van der Waals surface area contributed by atoms with Crippen LogP contribution in [0, 0.1) is 11.3 Å². The summed E-state index contributed by atoms with van der Waals surface area (Å²) in [5, 5.41) is 11.7. The maximum Gasteiger partial charge on any atom is 0.317 e. The molecule has 3 aliphatic heterocycles. The number of carbonyl (C=O) groups excluding carboxylic acids is 1. The standard InChI is InChI=1S/C18H26BrN3O2/c1-18(2)9-13-10-21(17(24)20-7-8-23)12-16(18)22(11-13)15-5-3-14(19)4-6-15/h3-6,13,16,23H,7-12H2,1-2H3,(H,20,24)/t13-,16-/m1/s1. The number of amides is 2. The van der Waals surface area contributed by atoms with Crippen LogP contribution in [-0.4, -0.2) is 54.9 Å². The summed E-state index contributed by atoms with van der Waals surface area (Å²) in [6.45, 7) is 7.39. The molecular formula is C18H26BrN3O2. The maximum absolute atomic E-state index is 12.4. The average molecular weight is 396 g/mol. The predicted octanol–water partition coefficient (Wildman–Crippen LogP) is 2.69. The third kappa shape index (κ3) is 3.54. The van der Waals surface area contributed by atoms with Gasteiger partial charge in [0.2, 0.25) is 0 Å². The monoisotopic (exact) mass is 395 g/mol. The molecule has 0 radical (unpaired) electrons. The number of nitrogens with one attached hydrogen (secondary N) is 1. The molecule has 1 aromatic rings. The maximum atomic E-state index is 12.4. The second kappa shape index (κ2) is 6.92. The molecule has 2 bridgehead atoms. The van der Waals surface area contributed by atoms with Crippen LogP contribution >= 0.6 is 15.9 Å². The molecule has 0 spiro atoms. The van der Waals surface area contributed by atoms with Gasteiger partial charge in [-0.2, -0.15) is 0 Å². The van der Waals surface area contributed by atoms with Gasteiger partial charge >= 0.3 is 6.03 Å². The van der Waals surface area contributed by atoms with E-state index >= 15 is 0 Å². The van der Waals surface area contributed by atoms with Crippen molar-refractivity contribution in [1.29, 1.82) is 0 Å². The molecule has 2 atom stereocenters. The van der Waals surface area contributed by atoms with Gasteiger partial charge in [-0.15, -0.1) is 0 Å². The van der Waals surface area contributed by atoms with Gasteiger partial charge < -0.3 is 20.2 Å². The fourth-order valence-corrected chi connectivity index (χ4v) is 4.46. The summed E-state index contributed by atoms with van der Waals surface area (Å²) < 4.78 is 1.08. The number of aliphatic hydroxyl groups is 1. The van der Waals surface area contributed by atoms with Gasteiger partial charge in [-0.25, -0.2) is 4.79 Å². The van der Waals surface area contributed by atoms with Crippen molar-refractivity contribution < 1.29 is 9.90 Å². The number of rotatable bonds is 3. The second-order valence-corrected chi connectivity index (χ2v) is 8.48. The summed E-state index contributed by atoms with van der Waals surface area (Å²) in [6, 6.07) is 8.68. The Morgan fingerprint density at radius 1 is 1.29 bits per heavy atom. The molecular weight excluding hydrogens is 370 g/mol. The van der Waals surface area contributed by atoms with E-state index < -0.39 is 0 Å². The quantitative estimate of drug-likeness (QED) is 0.826. The lowest BCUT2D eigenvalue weighted by Gasteiger charge is -2.48. The summed E-state index contributed by atoms with van der Waals surface area (Å²) in [6.07, 6.45) is 1.13. The van der Waals surface area contributed by atoms with Crippen molar-refractivity contribution in [2.75, 3.05) is 37.7 Å². The first kappa shape index (κ1) is 17.5. The van der Waals surface area contributed by atoms with E-state index in [1.807, 2.05) is 4.90 Å². The Labute approximate surface area is 152 Å². The summed E-state index contributed by atoms with van der Waals surface area (Å²) >= 11 is 3.50. The minimum absolute atomic E-state index is 0.0249. The highest BCUT2D eigenvalue weighted by molar-refractivity contribution is 9.10. The van der Waals surface area contributed by atoms with E-state index in [-0.39, 0.29) is 24.1 Å². The molecule has 4 rings (SSSR count). The van der Waals surface area contributed by atoms with Crippen LogP contribution < -0.4 is 10.2 Å². The fourth-order valence-electron chi connectivity index (χ4n) is 4.19. The zero-order valence-electron chi connectivity index (χ0n) is 14.3. The number of aliphatic hydroxyl groups excluding tert-OH is 1. The molecule has 132 valence electrons. The first-order valence-electron chi connectivity index (χ1n) is 8.56. The largest absolute Gasteiger partial charge is 0.395 e. The van der Waals surface area contributed by atoms with E-state index in [2.05, 4.69) is 64.3 Å². The highest BCUT2D eigenvalue weighted by Gasteiger charge is 2.46. The number of benzene rings is 1. The van der Waals surface area contributed by atoms with Gasteiger partial charge in [-0.3, -0.25) is 0 Å². The minimum Gasteiger partial charge on any atom is -0.395 e. The lowest BCUT2D eigenvalue weighted by Crippen LogP contribution is -2.54. The Kier molecular flexibility index (Phi) is 5.06. The van der Waals surface area contributed by atoms with Crippen LogP contribution in [-0.2, 0) is 0 Å². The Morgan fingerprint density at radius 3 is 2.67 bits per heavy atom. The number of urea groups is 1. The van der Waals surface area contributed by atoms with Gasteiger partial charge in [0.05, 0.1) is 12.6 Å². The number of nitrogens with zero attached hydrogens (tertiary/aromatic N) is 2. The van der Waals surface area contributed by atoms with Crippen LogP contribution in [0.3, 0.4) is 0 Å². The molecule has 0 saturated carbocycles. The molecule has 0 aliphatic carbocycles. The summed E-state index contributed by atoms with van der Waals surface area (Å²) in [5.74, 6) is 0.460. The van der Waals surface area contributed by atoms with E-state index in [4.69, 9.17) is 5.11 Å². The summed E-state index contributed by atoms with van der Waals surface area (Å²) in [5.41, 5.74) is 1.38. The SMILES string of the molecule is CC1(C)C[C@@H]2CN(C(=O)NCCO)C[C@H]1N(c1ccc(Br)cc1)C2. The van der Waals surface area contributed by atoms with Gasteiger partial charge in [0, 0.05) is 36.3 Å². The van der Waals surface area contributed by atoms with Crippen molar-refractivity contribution in [3.63, 3.8) is 0 Å². The lowest BCUT2D eigenvalue weighted by atomic mass is 9.73. The highest BCUT2D eigenvalue weighted by atomic mass is 79.9. The Morgan fingerprint density at radius 2 is 2.00 bits per heavy atom. The summed E-state index contributed by atoms with van der Waals surface area (Å²) in [4.78, 5) is 16.8. The van der Waals surface area contributed by atoms with Crippen LogP contribution in [0.2, 0.25) is 0 Å². The minimum atomic E-state index is -0.0607. The molecule has 5 nitrogen and oxygen atoms in total. The van der Waals surface area contributed by atoms with Crippen LogP contribution in [0.1, 0.15) is 20.3 Å². The number of anilines is 1. The van der Waals surface area contributed by atoms with Crippen molar-refractivity contribution in [1.82, 2.24) is 10.2 Å². The van der Waals surface area contributed by atoms with E-state index in [1.54, 1.807) is 0 Å². The molecule has 24 heavy (non-hydrogen) atoms. The van der Waals surface area contributed by atoms with E-state index in [0.717, 1.165) is 30.5 Å². The van der Waals surface area contributed by atoms with Crippen molar-refractivity contribution in [3.05, 3.63) is 28.7 Å². The van der Waals surface area contributed by atoms with Gasteiger partial charge in [-0.05, 0) is 42.0 Å².